The summed E-state index contributed by atoms with van der Waals surface area (Å²) < 4.78 is 27.4. The Hall–Kier alpha value is -1.60. The third-order valence-electron chi connectivity index (χ3n) is 3.17. The van der Waals surface area contributed by atoms with Gasteiger partial charge >= 0.3 is 5.97 Å². The Kier molecular flexibility index (Phi) is 4.61. The van der Waals surface area contributed by atoms with Crippen molar-refractivity contribution in [2.75, 3.05) is 10.8 Å². The molecule has 1 aliphatic rings. The van der Waals surface area contributed by atoms with Gasteiger partial charge in [-0.05, 0) is 43.0 Å². The zero-order chi connectivity index (χ0) is 14.7. The molecule has 2 atom stereocenters. The normalized spacial score (nSPS) is 18.8. The average molecular weight is 299 g/mol. The smallest absolute Gasteiger partial charge is 0.344 e. The molecule has 20 heavy (non-hydrogen) atoms. The number of carbonyl (C=O) groups is 1. The monoisotopic (exact) mass is 299 g/mol. The standard InChI is InChI=1S/C13H17NO5S/c1-2-7-14(20(17)18)10-4-6-11-9(8-10)3-5-12(19-11)13(15)16/h4,6,8,12H,2-3,5,7H2,1H3,(H,15,16)(H,17,18). The molecule has 1 aliphatic heterocycles. The molecule has 2 unspecified atom stereocenters. The summed E-state index contributed by atoms with van der Waals surface area (Å²) in [4.78, 5) is 10.9. The Balaban J connectivity index is 2.24. The van der Waals surface area contributed by atoms with Crippen LogP contribution in [0.25, 0.3) is 0 Å². The number of rotatable bonds is 5. The molecule has 1 aromatic carbocycles. The second-order valence-electron chi connectivity index (χ2n) is 4.61. The van der Waals surface area contributed by atoms with E-state index in [0.717, 1.165) is 12.0 Å². The fraction of sp³-hybridized carbons (Fsp3) is 0.462. The molecular formula is C13H17NO5S. The van der Waals surface area contributed by atoms with Crippen molar-refractivity contribution in [3.8, 4) is 5.75 Å². The number of hydrogen-bond donors (Lipinski definition) is 2. The van der Waals surface area contributed by atoms with Gasteiger partial charge in [0.15, 0.2) is 6.10 Å². The van der Waals surface area contributed by atoms with Gasteiger partial charge in [-0.25, -0.2) is 9.00 Å². The van der Waals surface area contributed by atoms with Crippen LogP contribution in [0.3, 0.4) is 0 Å². The zero-order valence-electron chi connectivity index (χ0n) is 11.1. The fourth-order valence-electron chi connectivity index (χ4n) is 2.20. The summed E-state index contributed by atoms with van der Waals surface area (Å²) in [7, 11) is 0. The van der Waals surface area contributed by atoms with Crippen LogP contribution in [0.2, 0.25) is 0 Å². The van der Waals surface area contributed by atoms with E-state index in [1.807, 2.05) is 6.92 Å². The number of carboxylic acids is 1. The molecule has 0 radical (unpaired) electrons. The van der Waals surface area contributed by atoms with Crippen LogP contribution in [-0.2, 0) is 22.5 Å². The van der Waals surface area contributed by atoms with Crippen molar-refractivity contribution in [1.29, 1.82) is 0 Å². The predicted octanol–water partition coefficient (Wildman–Crippen LogP) is 1.82. The molecule has 2 rings (SSSR count). The summed E-state index contributed by atoms with van der Waals surface area (Å²) in [5, 5.41) is 8.94. The maximum absolute atomic E-state index is 11.3. The van der Waals surface area contributed by atoms with E-state index < -0.39 is 23.3 Å². The highest BCUT2D eigenvalue weighted by Gasteiger charge is 2.26. The fourth-order valence-corrected chi connectivity index (χ4v) is 2.84. The minimum Gasteiger partial charge on any atom is -0.479 e. The van der Waals surface area contributed by atoms with E-state index in [2.05, 4.69) is 0 Å². The highest BCUT2D eigenvalue weighted by molar-refractivity contribution is 7.80. The van der Waals surface area contributed by atoms with Gasteiger partial charge in [0, 0.05) is 6.54 Å². The van der Waals surface area contributed by atoms with Crippen LogP contribution in [0.15, 0.2) is 18.2 Å². The van der Waals surface area contributed by atoms with E-state index in [9.17, 15) is 13.6 Å². The molecule has 0 saturated heterocycles. The molecule has 0 aliphatic carbocycles. The van der Waals surface area contributed by atoms with Gasteiger partial charge in [0.2, 0.25) is 0 Å². The first-order valence-corrected chi connectivity index (χ1v) is 7.50. The van der Waals surface area contributed by atoms with Crippen molar-refractivity contribution in [3.63, 3.8) is 0 Å². The van der Waals surface area contributed by atoms with Crippen molar-refractivity contribution in [2.45, 2.75) is 32.3 Å². The summed E-state index contributed by atoms with van der Waals surface area (Å²) >= 11 is -2.07. The first-order chi connectivity index (χ1) is 9.52. The molecule has 0 saturated carbocycles. The first-order valence-electron chi connectivity index (χ1n) is 6.43. The lowest BCUT2D eigenvalue weighted by Gasteiger charge is -2.25. The van der Waals surface area contributed by atoms with Crippen LogP contribution >= 0.6 is 0 Å². The third kappa shape index (κ3) is 3.10. The molecule has 0 spiro atoms. The van der Waals surface area contributed by atoms with Crippen LogP contribution in [-0.4, -0.2) is 32.5 Å². The van der Waals surface area contributed by atoms with E-state index >= 15 is 0 Å². The number of aryl methyl sites for hydroxylation is 1. The Morgan fingerprint density at radius 3 is 2.90 bits per heavy atom. The Morgan fingerprint density at radius 2 is 2.30 bits per heavy atom. The molecule has 0 fully saturated rings. The maximum Gasteiger partial charge on any atom is 0.344 e. The number of fused-ring (bicyclic) bond motifs is 1. The van der Waals surface area contributed by atoms with E-state index in [0.29, 0.717) is 30.8 Å². The first kappa shape index (κ1) is 14.8. The molecule has 6 nitrogen and oxygen atoms in total. The van der Waals surface area contributed by atoms with Crippen LogP contribution in [0.4, 0.5) is 5.69 Å². The molecule has 2 N–H and O–H groups in total. The van der Waals surface area contributed by atoms with E-state index in [1.54, 1.807) is 18.2 Å². The van der Waals surface area contributed by atoms with Crippen molar-refractivity contribution in [3.05, 3.63) is 23.8 Å². The summed E-state index contributed by atoms with van der Waals surface area (Å²) in [6.45, 7) is 2.40. The van der Waals surface area contributed by atoms with Gasteiger partial charge in [-0.2, -0.15) is 0 Å². The van der Waals surface area contributed by atoms with Gasteiger partial charge in [-0.1, -0.05) is 6.92 Å². The van der Waals surface area contributed by atoms with Crippen LogP contribution in [0.1, 0.15) is 25.3 Å². The number of hydrogen-bond acceptors (Lipinski definition) is 3. The second kappa shape index (κ2) is 6.23. The predicted molar refractivity (Wildman–Crippen MR) is 75.2 cm³/mol. The largest absolute Gasteiger partial charge is 0.479 e. The molecule has 1 aromatic rings. The second-order valence-corrected chi connectivity index (χ2v) is 5.51. The average Bonchev–Trinajstić information content (AvgIpc) is 2.43. The SMILES string of the molecule is CCCN(c1ccc2c(c1)CCC(C(=O)O)O2)S(=O)O. The number of nitrogens with zero attached hydrogens (tertiary/aromatic N) is 1. The maximum atomic E-state index is 11.3. The number of benzene rings is 1. The summed E-state index contributed by atoms with van der Waals surface area (Å²) in [5.41, 5.74) is 1.51. The van der Waals surface area contributed by atoms with Gasteiger partial charge in [-0.15, -0.1) is 0 Å². The minimum absolute atomic E-state index is 0.405. The lowest BCUT2D eigenvalue weighted by Crippen LogP contribution is -2.31. The number of carboxylic acid groups (broad SMARTS) is 1. The summed E-state index contributed by atoms with van der Waals surface area (Å²) in [6, 6.07) is 5.12. The lowest BCUT2D eigenvalue weighted by atomic mass is 10.0. The molecule has 7 heteroatoms. The van der Waals surface area contributed by atoms with E-state index in [4.69, 9.17) is 9.84 Å². The van der Waals surface area contributed by atoms with Gasteiger partial charge in [0.1, 0.15) is 5.75 Å². The summed E-state index contributed by atoms with van der Waals surface area (Å²) in [6.07, 6.45) is 0.924. The van der Waals surface area contributed by atoms with Crippen LogP contribution < -0.4 is 9.04 Å². The Bertz CT molecular complexity index is 533. The number of aliphatic carboxylic acids is 1. The molecule has 0 bridgehead atoms. The Morgan fingerprint density at radius 1 is 1.55 bits per heavy atom. The minimum atomic E-state index is -2.07. The van der Waals surface area contributed by atoms with E-state index in [1.165, 1.54) is 4.31 Å². The van der Waals surface area contributed by atoms with Crippen molar-refractivity contribution < 1.29 is 23.4 Å². The number of anilines is 1. The van der Waals surface area contributed by atoms with Gasteiger partial charge < -0.3 is 9.84 Å². The van der Waals surface area contributed by atoms with Gasteiger partial charge in [0.05, 0.1) is 5.69 Å². The highest BCUT2D eigenvalue weighted by atomic mass is 32.2. The van der Waals surface area contributed by atoms with Gasteiger partial charge in [0.25, 0.3) is 11.3 Å². The van der Waals surface area contributed by atoms with Crippen molar-refractivity contribution >= 4 is 22.9 Å². The highest BCUT2D eigenvalue weighted by Crippen LogP contribution is 2.31. The van der Waals surface area contributed by atoms with Gasteiger partial charge in [-0.3, -0.25) is 8.86 Å². The topological polar surface area (TPSA) is 87.1 Å². The van der Waals surface area contributed by atoms with Crippen LogP contribution in [0, 0.1) is 0 Å². The molecule has 1 heterocycles. The van der Waals surface area contributed by atoms with Crippen molar-refractivity contribution in [2.24, 2.45) is 0 Å². The quantitative estimate of drug-likeness (QED) is 0.810. The lowest BCUT2D eigenvalue weighted by molar-refractivity contribution is -0.145. The molecular weight excluding hydrogens is 282 g/mol. The third-order valence-corrected chi connectivity index (χ3v) is 3.94. The molecule has 0 aromatic heterocycles. The summed E-state index contributed by atoms with van der Waals surface area (Å²) in [5.74, 6) is -0.434. The molecule has 110 valence electrons. The zero-order valence-corrected chi connectivity index (χ0v) is 11.9. The van der Waals surface area contributed by atoms with E-state index in [-0.39, 0.29) is 0 Å². The van der Waals surface area contributed by atoms with Crippen LogP contribution in [0.5, 0.6) is 5.75 Å². The Labute approximate surface area is 119 Å². The number of ether oxygens (including phenoxy) is 1. The van der Waals surface area contributed by atoms with Crippen molar-refractivity contribution in [1.82, 2.24) is 0 Å². The molecule has 0 amide bonds.